The van der Waals surface area contributed by atoms with Crippen molar-refractivity contribution in [3.63, 3.8) is 0 Å². The van der Waals surface area contributed by atoms with E-state index in [2.05, 4.69) is 25.7 Å². The van der Waals surface area contributed by atoms with Gasteiger partial charge in [0.05, 0.1) is 11.6 Å². The maximum absolute atomic E-state index is 13.3. The molecule has 0 saturated carbocycles. The minimum Gasteiger partial charge on any atom is -0.465 e. The zero-order valence-corrected chi connectivity index (χ0v) is 9.82. The standard InChI is InChI=1S/C8H5BrF4N2O2/c1-17-7(16)2-3(9)4(10)5(8(11,12)13)15-6(2)14/h1H3,(H2,14,15). The molecule has 17 heavy (non-hydrogen) atoms. The number of anilines is 1. The lowest BCUT2D eigenvalue weighted by atomic mass is 10.2. The van der Waals surface area contributed by atoms with Crippen LogP contribution in [0.4, 0.5) is 23.4 Å². The fourth-order valence-electron chi connectivity index (χ4n) is 1.04. The third-order valence-corrected chi connectivity index (χ3v) is 2.51. The summed E-state index contributed by atoms with van der Waals surface area (Å²) in [5.41, 5.74) is 2.77. The second kappa shape index (κ2) is 4.47. The second-order valence-corrected chi connectivity index (χ2v) is 3.63. The zero-order valence-electron chi connectivity index (χ0n) is 8.23. The van der Waals surface area contributed by atoms with E-state index in [4.69, 9.17) is 5.73 Å². The predicted molar refractivity (Wildman–Crippen MR) is 52.6 cm³/mol. The Kier molecular flexibility index (Phi) is 3.60. The van der Waals surface area contributed by atoms with E-state index in [-0.39, 0.29) is 0 Å². The van der Waals surface area contributed by atoms with Crippen LogP contribution >= 0.6 is 15.9 Å². The van der Waals surface area contributed by atoms with Gasteiger partial charge in [-0.1, -0.05) is 0 Å². The molecule has 0 unspecified atom stereocenters. The van der Waals surface area contributed by atoms with Crippen LogP contribution in [0.1, 0.15) is 16.1 Å². The molecule has 1 aromatic rings. The van der Waals surface area contributed by atoms with Crippen molar-refractivity contribution in [3.8, 4) is 0 Å². The number of methoxy groups -OCH3 is 1. The van der Waals surface area contributed by atoms with E-state index in [1.165, 1.54) is 0 Å². The van der Waals surface area contributed by atoms with Gasteiger partial charge in [-0.15, -0.1) is 0 Å². The first-order valence-electron chi connectivity index (χ1n) is 4.00. The third-order valence-electron chi connectivity index (χ3n) is 1.77. The lowest BCUT2D eigenvalue weighted by molar-refractivity contribution is -0.143. The number of rotatable bonds is 1. The fourth-order valence-corrected chi connectivity index (χ4v) is 1.59. The van der Waals surface area contributed by atoms with Crippen molar-refractivity contribution in [1.82, 2.24) is 4.98 Å². The lowest BCUT2D eigenvalue weighted by Crippen LogP contribution is -2.17. The number of nitrogens with zero attached hydrogens (tertiary/aromatic N) is 1. The molecule has 94 valence electrons. The smallest absolute Gasteiger partial charge is 0.436 e. The van der Waals surface area contributed by atoms with Crippen LogP contribution in [0.15, 0.2) is 4.47 Å². The van der Waals surface area contributed by atoms with Gasteiger partial charge in [0.2, 0.25) is 0 Å². The molecule has 0 saturated heterocycles. The van der Waals surface area contributed by atoms with Crippen molar-refractivity contribution < 1.29 is 27.1 Å². The summed E-state index contributed by atoms with van der Waals surface area (Å²) in [5.74, 6) is -3.57. The highest BCUT2D eigenvalue weighted by atomic mass is 79.9. The van der Waals surface area contributed by atoms with Gasteiger partial charge in [0.15, 0.2) is 11.5 Å². The normalized spacial score (nSPS) is 11.4. The number of hydrogen-bond donors (Lipinski definition) is 1. The molecule has 9 heteroatoms. The largest absolute Gasteiger partial charge is 0.465 e. The van der Waals surface area contributed by atoms with Gasteiger partial charge in [-0.3, -0.25) is 0 Å². The van der Waals surface area contributed by atoms with Crippen LogP contribution in [0.5, 0.6) is 0 Å². The number of alkyl halides is 3. The van der Waals surface area contributed by atoms with E-state index >= 15 is 0 Å². The van der Waals surface area contributed by atoms with Crippen LogP contribution in [-0.2, 0) is 10.9 Å². The number of hydrogen-bond acceptors (Lipinski definition) is 4. The van der Waals surface area contributed by atoms with Crippen molar-refractivity contribution in [2.45, 2.75) is 6.18 Å². The minimum absolute atomic E-state index is 0.585. The number of carbonyl (C=O) groups excluding carboxylic acids is 1. The van der Waals surface area contributed by atoms with Crippen molar-refractivity contribution >= 4 is 27.7 Å². The Morgan fingerprint density at radius 2 is 2.00 bits per heavy atom. The van der Waals surface area contributed by atoms with Crippen LogP contribution in [0, 0.1) is 5.82 Å². The quantitative estimate of drug-likeness (QED) is 0.638. The topological polar surface area (TPSA) is 65.2 Å². The van der Waals surface area contributed by atoms with Gasteiger partial charge in [0.1, 0.15) is 11.4 Å². The van der Waals surface area contributed by atoms with Crippen molar-refractivity contribution in [2.24, 2.45) is 0 Å². The highest BCUT2D eigenvalue weighted by Crippen LogP contribution is 2.36. The third kappa shape index (κ3) is 2.48. The molecule has 1 heterocycles. The zero-order chi connectivity index (χ0) is 13.4. The second-order valence-electron chi connectivity index (χ2n) is 2.84. The van der Waals surface area contributed by atoms with Gasteiger partial charge in [0, 0.05) is 0 Å². The van der Waals surface area contributed by atoms with Crippen LogP contribution < -0.4 is 5.73 Å². The van der Waals surface area contributed by atoms with E-state index in [1.54, 1.807) is 0 Å². The Morgan fingerprint density at radius 3 is 2.41 bits per heavy atom. The average Bonchev–Trinajstić information content (AvgIpc) is 2.21. The molecule has 0 fully saturated rings. The number of esters is 1. The Bertz CT molecular complexity index is 476. The Balaban J connectivity index is 3.53. The van der Waals surface area contributed by atoms with Gasteiger partial charge in [-0.2, -0.15) is 13.2 Å². The van der Waals surface area contributed by atoms with Crippen LogP contribution in [0.2, 0.25) is 0 Å². The first-order valence-corrected chi connectivity index (χ1v) is 4.79. The Labute approximate surface area is 101 Å². The number of aromatic nitrogens is 1. The van der Waals surface area contributed by atoms with Crippen LogP contribution in [0.3, 0.4) is 0 Å². The molecular formula is C8H5BrF4N2O2. The summed E-state index contributed by atoms with van der Waals surface area (Å²) >= 11 is 2.52. The van der Waals surface area contributed by atoms with Crippen LogP contribution in [0.25, 0.3) is 0 Å². The number of nitrogens with two attached hydrogens (primary N) is 1. The summed E-state index contributed by atoms with van der Waals surface area (Å²) in [6.45, 7) is 0. The van der Waals surface area contributed by atoms with E-state index in [0.29, 0.717) is 0 Å². The first kappa shape index (κ1) is 13.7. The number of halogens is 5. The molecule has 1 aromatic heterocycles. The summed E-state index contributed by atoms with van der Waals surface area (Å²) in [6, 6.07) is 0. The fraction of sp³-hybridized carbons (Fsp3) is 0.250. The minimum atomic E-state index is -5.00. The van der Waals surface area contributed by atoms with Gasteiger partial charge < -0.3 is 10.5 Å². The molecule has 0 amide bonds. The molecule has 4 nitrogen and oxygen atoms in total. The number of pyridine rings is 1. The maximum Gasteiger partial charge on any atom is 0.436 e. The SMILES string of the molecule is COC(=O)c1c(N)nc(C(F)(F)F)c(F)c1Br. The molecule has 0 aromatic carbocycles. The highest BCUT2D eigenvalue weighted by Gasteiger charge is 2.39. The molecule has 0 aliphatic carbocycles. The van der Waals surface area contributed by atoms with E-state index in [9.17, 15) is 22.4 Å². The van der Waals surface area contributed by atoms with E-state index < -0.39 is 39.5 Å². The molecular weight excluding hydrogens is 312 g/mol. The van der Waals surface area contributed by atoms with Gasteiger partial charge in [-0.25, -0.2) is 14.2 Å². The highest BCUT2D eigenvalue weighted by molar-refractivity contribution is 9.10. The molecule has 0 aliphatic rings. The Hall–Kier alpha value is -1.38. The number of carbonyl (C=O) groups is 1. The number of nitrogen functional groups attached to an aromatic ring is 1. The van der Waals surface area contributed by atoms with Gasteiger partial charge in [0.25, 0.3) is 0 Å². The molecule has 0 bridgehead atoms. The average molecular weight is 317 g/mol. The molecule has 0 aliphatic heterocycles. The van der Waals surface area contributed by atoms with Gasteiger partial charge in [-0.05, 0) is 15.9 Å². The lowest BCUT2D eigenvalue weighted by Gasteiger charge is -2.12. The Morgan fingerprint density at radius 1 is 1.47 bits per heavy atom. The van der Waals surface area contributed by atoms with Crippen molar-refractivity contribution in [2.75, 3.05) is 12.8 Å². The monoisotopic (exact) mass is 316 g/mol. The summed E-state index contributed by atoms with van der Waals surface area (Å²) in [6.07, 6.45) is -5.00. The molecule has 0 radical (unpaired) electrons. The molecule has 1 rings (SSSR count). The van der Waals surface area contributed by atoms with E-state index in [0.717, 1.165) is 7.11 Å². The summed E-state index contributed by atoms with van der Waals surface area (Å²) in [7, 11) is 0.976. The maximum atomic E-state index is 13.3. The number of ether oxygens (including phenoxy) is 1. The predicted octanol–water partition coefficient (Wildman–Crippen LogP) is 2.37. The molecule has 0 spiro atoms. The van der Waals surface area contributed by atoms with Crippen molar-refractivity contribution in [3.05, 3.63) is 21.5 Å². The van der Waals surface area contributed by atoms with Crippen molar-refractivity contribution in [1.29, 1.82) is 0 Å². The summed E-state index contributed by atoms with van der Waals surface area (Å²) in [5, 5.41) is 0. The first-order chi connectivity index (χ1) is 7.70. The summed E-state index contributed by atoms with van der Waals surface area (Å²) in [4.78, 5) is 14.0. The molecule has 0 atom stereocenters. The molecule has 2 N–H and O–H groups in total. The van der Waals surface area contributed by atoms with E-state index in [1.807, 2.05) is 0 Å². The van der Waals surface area contributed by atoms with Gasteiger partial charge >= 0.3 is 12.1 Å². The summed E-state index contributed by atoms with van der Waals surface area (Å²) < 4.78 is 53.8. The van der Waals surface area contributed by atoms with Crippen LogP contribution in [-0.4, -0.2) is 18.1 Å².